The fourth-order valence-electron chi connectivity index (χ4n) is 5.53. The molecule has 2 aliphatic carbocycles. The van der Waals surface area contributed by atoms with Gasteiger partial charge in [-0.15, -0.1) is 0 Å². The summed E-state index contributed by atoms with van der Waals surface area (Å²) in [6.07, 6.45) is 10.1. The fourth-order valence-corrected chi connectivity index (χ4v) is 5.53. The summed E-state index contributed by atoms with van der Waals surface area (Å²) in [6, 6.07) is 6.91. The summed E-state index contributed by atoms with van der Waals surface area (Å²) in [6.45, 7) is 1.83. The molecule has 2 N–H and O–H groups in total. The van der Waals surface area contributed by atoms with Crippen molar-refractivity contribution in [2.45, 2.75) is 50.1 Å². The second kappa shape index (κ2) is 5.76. The molecule has 2 saturated carbocycles. The molecule has 0 saturated heterocycles. The first-order chi connectivity index (χ1) is 14.4. The van der Waals surface area contributed by atoms with Crippen molar-refractivity contribution in [3.05, 3.63) is 64.7 Å². The highest BCUT2D eigenvalue weighted by Gasteiger charge is 2.53. The van der Waals surface area contributed by atoms with Crippen molar-refractivity contribution in [2.24, 2.45) is 5.73 Å². The van der Waals surface area contributed by atoms with Gasteiger partial charge in [0, 0.05) is 35.2 Å². The predicted molar refractivity (Wildman–Crippen MR) is 113 cm³/mol. The standard InChI is InChI=1S/C23H22FN5O/c1-14-11-28-12-15(10-17(24)20(28)26-14)18-3-2-16-19(27-18)4-9-29(21(16)30)23-7-5-22(25,13-23)6-8-23/h2-4,9-12H,5-8,13,25H2,1H3. The van der Waals surface area contributed by atoms with Crippen LogP contribution >= 0.6 is 0 Å². The molecule has 152 valence electrons. The number of hydrogen-bond donors (Lipinski definition) is 1. The molecular formula is C23H22FN5O. The van der Waals surface area contributed by atoms with Gasteiger partial charge >= 0.3 is 0 Å². The molecule has 2 aliphatic rings. The largest absolute Gasteiger partial charge is 0.325 e. The Kier molecular flexibility index (Phi) is 3.41. The first-order valence-corrected chi connectivity index (χ1v) is 10.3. The average Bonchev–Trinajstić information content (AvgIpc) is 3.38. The van der Waals surface area contributed by atoms with Crippen LogP contribution in [0.1, 0.15) is 37.8 Å². The lowest BCUT2D eigenvalue weighted by Gasteiger charge is -2.29. The van der Waals surface area contributed by atoms with Crippen molar-refractivity contribution in [3.8, 4) is 11.3 Å². The van der Waals surface area contributed by atoms with Crippen LogP contribution in [0, 0.1) is 12.7 Å². The summed E-state index contributed by atoms with van der Waals surface area (Å²) >= 11 is 0. The smallest absolute Gasteiger partial charge is 0.260 e. The van der Waals surface area contributed by atoms with Crippen molar-refractivity contribution >= 4 is 16.6 Å². The Bertz CT molecular complexity index is 1390. The van der Waals surface area contributed by atoms with Gasteiger partial charge in [-0.2, -0.15) is 0 Å². The van der Waals surface area contributed by atoms with E-state index in [0.717, 1.165) is 37.8 Å². The third-order valence-corrected chi connectivity index (χ3v) is 7.05. The van der Waals surface area contributed by atoms with E-state index < -0.39 is 5.82 Å². The Morgan fingerprint density at radius 3 is 2.63 bits per heavy atom. The zero-order valence-electron chi connectivity index (χ0n) is 16.7. The summed E-state index contributed by atoms with van der Waals surface area (Å²) in [4.78, 5) is 22.1. The van der Waals surface area contributed by atoms with Gasteiger partial charge in [0.25, 0.3) is 5.56 Å². The summed E-state index contributed by atoms with van der Waals surface area (Å²) < 4.78 is 18.0. The van der Waals surface area contributed by atoms with Crippen molar-refractivity contribution in [3.63, 3.8) is 0 Å². The Morgan fingerprint density at radius 1 is 1.10 bits per heavy atom. The summed E-state index contributed by atoms with van der Waals surface area (Å²) in [7, 11) is 0. The minimum absolute atomic E-state index is 0.0235. The van der Waals surface area contributed by atoms with E-state index in [0.29, 0.717) is 27.8 Å². The van der Waals surface area contributed by atoms with Gasteiger partial charge in [-0.05, 0) is 63.3 Å². The highest BCUT2D eigenvalue weighted by atomic mass is 19.1. The van der Waals surface area contributed by atoms with Crippen LogP contribution in [0.5, 0.6) is 0 Å². The first kappa shape index (κ1) is 17.8. The summed E-state index contributed by atoms with van der Waals surface area (Å²) in [5.74, 6) is -0.398. The number of fused-ring (bicyclic) bond motifs is 4. The normalized spacial score (nSPS) is 25.6. The number of halogens is 1. The third-order valence-electron chi connectivity index (χ3n) is 7.05. The maximum Gasteiger partial charge on any atom is 0.260 e. The molecular weight excluding hydrogens is 381 g/mol. The lowest BCUT2D eigenvalue weighted by molar-refractivity contribution is 0.283. The van der Waals surface area contributed by atoms with Gasteiger partial charge in [0.1, 0.15) is 0 Å². The van der Waals surface area contributed by atoms with Gasteiger partial charge < -0.3 is 14.7 Å². The van der Waals surface area contributed by atoms with Crippen molar-refractivity contribution < 1.29 is 4.39 Å². The van der Waals surface area contributed by atoms with E-state index in [1.54, 1.807) is 22.7 Å². The number of hydrogen-bond acceptors (Lipinski definition) is 4. The number of aryl methyl sites for hydroxylation is 1. The molecule has 0 aromatic carbocycles. The number of aromatic nitrogens is 4. The van der Waals surface area contributed by atoms with Crippen molar-refractivity contribution in [1.29, 1.82) is 0 Å². The summed E-state index contributed by atoms with van der Waals surface area (Å²) in [5, 5.41) is 0.581. The number of imidazole rings is 1. The third kappa shape index (κ3) is 2.41. The minimum atomic E-state index is -0.398. The molecule has 0 atom stereocenters. The van der Waals surface area contributed by atoms with Gasteiger partial charge in [0.2, 0.25) is 0 Å². The van der Waals surface area contributed by atoms with Crippen LogP contribution in [0.2, 0.25) is 0 Å². The number of pyridine rings is 3. The van der Waals surface area contributed by atoms with Crippen LogP contribution in [0.25, 0.3) is 27.8 Å². The number of nitrogens with zero attached hydrogens (tertiary/aromatic N) is 4. The van der Waals surface area contributed by atoms with Crippen LogP contribution in [0.3, 0.4) is 0 Å². The van der Waals surface area contributed by atoms with E-state index in [4.69, 9.17) is 5.73 Å². The Hall–Kier alpha value is -3.06. The van der Waals surface area contributed by atoms with Crippen LogP contribution < -0.4 is 11.3 Å². The average molecular weight is 403 g/mol. The topological polar surface area (TPSA) is 78.2 Å². The minimum Gasteiger partial charge on any atom is -0.325 e. The maximum atomic E-state index is 14.5. The quantitative estimate of drug-likeness (QED) is 0.555. The first-order valence-electron chi connectivity index (χ1n) is 10.3. The molecule has 0 radical (unpaired) electrons. The lowest BCUT2D eigenvalue weighted by Crippen LogP contribution is -2.37. The van der Waals surface area contributed by atoms with Crippen molar-refractivity contribution in [2.75, 3.05) is 0 Å². The van der Waals surface area contributed by atoms with Gasteiger partial charge in [0.05, 0.1) is 22.3 Å². The molecule has 0 amide bonds. The molecule has 0 unspecified atom stereocenters. The molecule has 6 rings (SSSR count). The van der Waals surface area contributed by atoms with E-state index in [2.05, 4.69) is 9.97 Å². The number of nitrogens with two attached hydrogens (primary N) is 1. The van der Waals surface area contributed by atoms with Crippen LogP contribution in [0.15, 0.2) is 47.7 Å². The van der Waals surface area contributed by atoms with Gasteiger partial charge in [-0.25, -0.2) is 14.4 Å². The lowest BCUT2D eigenvalue weighted by atomic mass is 9.91. The number of rotatable bonds is 2. The highest BCUT2D eigenvalue weighted by molar-refractivity contribution is 5.80. The van der Waals surface area contributed by atoms with E-state index in [-0.39, 0.29) is 16.6 Å². The zero-order chi connectivity index (χ0) is 20.7. The fraction of sp³-hybridized carbons (Fsp3) is 0.348. The molecule has 0 spiro atoms. The maximum absolute atomic E-state index is 14.5. The highest BCUT2D eigenvalue weighted by Crippen LogP contribution is 2.53. The molecule has 7 heteroatoms. The second-order valence-electron chi connectivity index (χ2n) is 9.07. The second-order valence-corrected chi connectivity index (χ2v) is 9.07. The Balaban J connectivity index is 1.46. The van der Waals surface area contributed by atoms with Crippen LogP contribution in [-0.2, 0) is 5.54 Å². The van der Waals surface area contributed by atoms with E-state index in [9.17, 15) is 9.18 Å². The molecule has 0 aliphatic heterocycles. The molecule has 2 bridgehead atoms. The summed E-state index contributed by atoms with van der Waals surface area (Å²) in [5.41, 5.74) is 9.07. The van der Waals surface area contributed by atoms with Gasteiger partial charge in [-0.1, -0.05) is 0 Å². The SMILES string of the molecule is Cc1cn2cc(-c3ccc4c(=O)n(C56CCC(N)(CC5)C6)ccc4n3)cc(F)c2n1. The monoisotopic (exact) mass is 403 g/mol. The molecule has 2 fully saturated rings. The zero-order valence-corrected chi connectivity index (χ0v) is 16.7. The van der Waals surface area contributed by atoms with Gasteiger partial charge in [-0.3, -0.25) is 4.79 Å². The molecule has 4 aromatic heterocycles. The molecule has 4 aromatic rings. The van der Waals surface area contributed by atoms with Gasteiger partial charge in [0.15, 0.2) is 11.5 Å². The molecule has 4 heterocycles. The van der Waals surface area contributed by atoms with Crippen LogP contribution in [0.4, 0.5) is 4.39 Å². The van der Waals surface area contributed by atoms with Crippen LogP contribution in [-0.4, -0.2) is 24.5 Å². The molecule has 6 nitrogen and oxygen atoms in total. The predicted octanol–water partition coefficient (Wildman–Crippen LogP) is 3.53. The molecule has 30 heavy (non-hydrogen) atoms. The Morgan fingerprint density at radius 2 is 1.90 bits per heavy atom. The van der Waals surface area contributed by atoms with E-state index in [1.165, 1.54) is 6.07 Å². The van der Waals surface area contributed by atoms with Crippen molar-refractivity contribution in [1.82, 2.24) is 18.9 Å². The van der Waals surface area contributed by atoms with E-state index in [1.807, 2.05) is 30.0 Å². The van der Waals surface area contributed by atoms with E-state index >= 15 is 0 Å². The Labute approximate surface area is 172 Å².